The zero-order chi connectivity index (χ0) is 10.9. The molecule has 1 aliphatic rings. The highest BCUT2D eigenvalue weighted by Crippen LogP contribution is 2.43. The molecule has 0 aromatic heterocycles. The molecule has 0 saturated heterocycles. The van der Waals surface area contributed by atoms with E-state index in [-0.39, 0.29) is 11.5 Å². The van der Waals surface area contributed by atoms with E-state index >= 15 is 0 Å². The Bertz CT molecular complexity index is 184. The predicted octanol–water partition coefficient (Wildman–Crippen LogP) is 3.47. The molecule has 84 valence electrons. The molecule has 1 aliphatic carbocycles. The van der Waals surface area contributed by atoms with Crippen LogP contribution in [0.5, 0.6) is 0 Å². The molecule has 1 rings (SSSR count). The van der Waals surface area contributed by atoms with E-state index in [1.807, 2.05) is 0 Å². The van der Waals surface area contributed by atoms with Crippen molar-refractivity contribution in [3.05, 3.63) is 0 Å². The summed E-state index contributed by atoms with van der Waals surface area (Å²) in [6.07, 6.45) is 3.62. The first kappa shape index (κ1) is 12.0. The third kappa shape index (κ3) is 2.73. The molecule has 0 heterocycles. The Balaban J connectivity index is 2.59. The molecule has 1 heteroatoms. The summed E-state index contributed by atoms with van der Waals surface area (Å²) in [5.41, 5.74) is 0.122. The van der Waals surface area contributed by atoms with Crippen LogP contribution in [0.15, 0.2) is 0 Å². The summed E-state index contributed by atoms with van der Waals surface area (Å²) < 4.78 is 0. The summed E-state index contributed by atoms with van der Waals surface area (Å²) in [6, 6.07) is 0. The number of hydrogen-bond acceptors (Lipinski definition) is 1. The van der Waals surface area contributed by atoms with Gasteiger partial charge in [0.25, 0.3) is 0 Å². The molecule has 0 aromatic rings. The maximum absolute atomic E-state index is 10.1. The Kier molecular flexibility index (Phi) is 3.63. The minimum Gasteiger partial charge on any atom is -0.392 e. The fraction of sp³-hybridized carbons (Fsp3) is 1.00. The van der Waals surface area contributed by atoms with Gasteiger partial charge < -0.3 is 5.11 Å². The Labute approximate surface area is 88.9 Å². The Morgan fingerprint density at radius 2 is 1.93 bits per heavy atom. The van der Waals surface area contributed by atoms with Gasteiger partial charge in [0, 0.05) is 0 Å². The summed E-state index contributed by atoms with van der Waals surface area (Å²) in [5, 5.41) is 10.1. The zero-order valence-corrected chi connectivity index (χ0v) is 10.4. The van der Waals surface area contributed by atoms with E-state index in [2.05, 4.69) is 34.6 Å². The molecule has 0 amide bonds. The third-order valence-corrected chi connectivity index (χ3v) is 3.66. The van der Waals surface area contributed by atoms with Crippen LogP contribution < -0.4 is 0 Å². The lowest BCUT2D eigenvalue weighted by Crippen LogP contribution is -2.42. The fourth-order valence-electron chi connectivity index (χ4n) is 3.22. The lowest BCUT2D eigenvalue weighted by atomic mass is 9.64. The Hall–Kier alpha value is -0.0400. The van der Waals surface area contributed by atoms with Crippen LogP contribution in [0, 0.1) is 23.2 Å². The highest BCUT2D eigenvalue weighted by Gasteiger charge is 2.39. The van der Waals surface area contributed by atoms with Gasteiger partial charge in [0.2, 0.25) is 0 Å². The topological polar surface area (TPSA) is 20.2 Å². The van der Waals surface area contributed by atoms with Crippen molar-refractivity contribution in [2.24, 2.45) is 23.2 Å². The molecule has 1 saturated carbocycles. The largest absolute Gasteiger partial charge is 0.392 e. The smallest absolute Gasteiger partial charge is 0.0616 e. The molecular formula is C13H26O. The Morgan fingerprint density at radius 1 is 1.36 bits per heavy atom. The SMILES string of the molecule is CC(C)CC1CC(C)C(O)C(C)(C)C1. The molecule has 14 heavy (non-hydrogen) atoms. The minimum atomic E-state index is -0.106. The number of aliphatic hydroxyl groups excluding tert-OH is 1. The molecule has 1 nitrogen and oxygen atoms in total. The van der Waals surface area contributed by atoms with Crippen molar-refractivity contribution in [1.29, 1.82) is 0 Å². The normalized spacial score (nSPS) is 37.5. The molecule has 0 aromatic carbocycles. The first-order chi connectivity index (χ1) is 6.33. The second-order valence-corrected chi connectivity index (χ2v) is 6.35. The van der Waals surface area contributed by atoms with Gasteiger partial charge in [0.15, 0.2) is 0 Å². The van der Waals surface area contributed by atoms with Crippen LogP contribution in [0.3, 0.4) is 0 Å². The molecule has 0 bridgehead atoms. The molecule has 0 aliphatic heterocycles. The lowest BCUT2D eigenvalue weighted by molar-refractivity contribution is -0.0493. The van der Waals surface area contributed by atoms with E-state index in [0.29, 0.717) is 5.92 Å². The molecule has 0 radical (unpaired) electrons. The van der Waals surface area contributed by atoms with Crippen molar-refractivity contribution in [3.8, 4) is 0 Å². The van der Waals surface area contributed by atoms with Gasteiger partial charge in [-0.3, -0.25) is 0 Å². The quantitative estimate of drug-likeness (QED) is 0.720. The molecule has 1 fully saturated rings. The van der Waals surface area contributed by atoms with Gasteiger partial charge in [0.05, 0.1) is 6.10 Å². The van der Waals surface area contributed by atoms with Gasteiger partial charge in [-0.05, 0) is 42.4 Å². The second kappa shape index (κ2) is 4.22. The van der Waals surface area contributed by atoms with Crippen LogP contribution in [-0.2, 0) is 0 Å². The van der Waals surface area contributed by atoms with E-state index in [0.717, 1.165) is 11.8 Å². The van der Waals surface area contributed by atoms with Crippen molar-refractivity contribution >= 4 is 0 Å². The van der Waals surface area contributed by atoms with Gasteiger partial charge in [0.1, 0.15) is 0 Å². The van der Waals surface area contributed by atoms with E-state index in [4.69, 9.17) is 0 Å². The van der Waals surface area contributed by atoms with Crippen LogP contribution in [0.2, 0.25) is 0 Å². The molecular weight excluding hydrogens is 172 g/mol. The fourth-order valence-corrected chi connectivity index (χ4v) is 3.22. The second-order valence-electron chi connectivity index (χ2n) is 6.35. The van der Waals surface area contributed by atoms with Crippen molar-refractivity contribution < 1.29 is 5.11 Å². The summed E-state index contributed by atoms with van der Waals surface area (Å²) in [5.74, 6) is 2.09. The molecule has 3 atom stereocenters. The summed E-state index contributed by atoms with van der Waals surface area (Å²) in [6.45, 7) is 11.2. The molecule has 3 unspecified atom stereocenters. The van der Waals surface area contributed by atoms with E-state index in [1.165, 1.54) is 19.3 Å². The van der Waals surface area contributed by atoms with Gasteiger partial charge in [-0.2, -0.15) is 0 Å². The van der Waals surface area contributed by atoms with Gasteiger partial charge >= 0.3 is 0 Å². The van der Waals surface area contributed by atoms with E-state index < -0.39 is 0 Å². The minimum absolute atomic E-state index is 0.106. The highest BCUT2D eigenvalue weighted by atomic mass is 16.3. The van der Waals surface area contributed by atoms with Gasteiger partial charge in [-0.15, -0.1) is 0 Å². The number of hydrogen-bond donors (Lipinski definition) is 1. The first-order valence-electron chi connectivity index (χ1n) is 6.01. The number of rotatable bonds is 2. The zero-order valence-electron chi connectivity index (χ0n) is 10.4. The van der Waals surface area contributed by atoms with Crippen LogP contribution in [0.4, 0.5) is 0 Å². The third-order valence-electron chi connectivity index (χ3n) is 3.66. The van der Waals surface area contributed by atoms with E-state index in [9.17, 15) is 5.11 Å². The average Bonchev–Trinajstić information content (AvgIpc) is 1.98. The van der Waals surface area contributed by atoms with Crippen molar-refractivity contribution in [3.63, 3.8) is 0 Å². The summed E-state index contributed by atoms with van der Waals surface area (Å²) in [4.78, 5) is 0. The lowest BCUT2D eigenvalue weighted by Gasteiger charge is -2.44. The van der Waals surface area contributed by atoms with Crippen LogP contribution >= 0.6 is 0 Å². The average molecular weight is 198 g/mol. The highest BCUT2D eigenvalue weighted by molar-refractivity contribution is 4.90. The molecule has 1 N–H and O–H groups in total. The van der Waals surface area contributed by atoms with Crippen molar-refractivity contribution in [2.45, 2.75) is 60.0 Å². The van der Waals surface area contributed by atoms with Crippen LogP contribution in [-0.4, -0.2) is 11.2 Å². The standard InChI is InChI=1S/C13H26O/c1-9(2)6-11-7-10(3)12(14)13(4,5)8-11/h9-12,14H,6-8H2,1-5H3. The summed E-state index contributed by atoms with van der Waals surface area (Å²) in [7, 11) is 0. The van der Waals surface area contributed by atoms with E-state index in [1.54, 1.807) is 0 Å². The number of aliphatic hydroxyl groups is 1. The maximum Gasteiger partial charge on any atom is 0.0616 e. The van der Waals surface area contributed by atoms with Crippen LogP contribution in [0.25, 0.3) is 0 Å². The summed E-state index contributed by atoms with van der Waals surface area (Å²) >= 11 is 0. The van der Waals surface area contributed by atoms with Crippen LogP contribution in [0.1, 0.15) is 53.9 Å². The van der Waals surface area contributed by atoms with Gasteiger partial charge in [-0.25, -0.2) is 0 Å². The monoisotopic (exact) mass is 198 g/mol. The van der Waals surface area contributed by atoms with Crippen molar-refractivity contribution in [1.82, 2.24) is 0 Å². The first-order valence-corrected chi connectivity index (χ1v) is 6.01. The Morgan fingerprint density at radius 3 is 2.36 bits per heavy atom. The maximum atomic E-state index is 10.1. The predicted molar refractivity (Wildman–Crippen MR) is 61.1 cm³/mol. The molecule has 0 spiro atoms. The van der Waals surface area contributed by atoms with Crippen molar-refractivity contribution in [2.75, 3.05) is 0 Å². The van der Waals surface area contributed by atoms with Gasteiger partial charge in [-0.1, -0.05) is 34.6 Å².